The lowest BCUT2D eigenvalue weighted by Crippen LogP contribution is -2.39. The zero-order valence-corrected chi connectivity index (χ0v) is 9.31. The van der Waals surface area contributed by atoms with Gasteiger partial charge in [0.2, 0.25) is 5.91 Å². The zero-order chi connectivity index (χ0) is 10.4. The highest BCUT2D eigenvalue weighted by Crippen LogP contribution is 2.08. The molecule has 2 atom stereocenters. The summed E-state index contributed by atoms with van der Waals surface area (Å²) < 4.78 is 0. The van der Waals surface area contributed by atoms with Crippen LogP contribution in [0.2, 0.25) is 0 Å². The second-order valence-electron chi connectivity index (χ2n) is 4.27. The highest BCUT2D eigenvalue weighted by Gasteiger charge is 2.23. The number of carbonyl (C=O) groups excluding carboxylic acids is 1. The van der Waals surface area contributed by atoms with E-state index >= 15 is 0 Å². The van der Waals surface area contributed by atoms with Crippen LogP contribution in [-0.4, -0.2) is 25.0 Å². The van der Waals surface area contributed by atoms with Crippen LogP contribution in [0, 0.1) is 5.92 Å². The van der Waals surface area contributed by atoms with E-state index in [4.69, 9.17) is 0 Å². The van der Waals surface area contributed by atoms with Gasteiger partial charge in [0, 0.05) is 19.0 Å². The van der Waals surface area contributed by atoms with Crippen LogP contribution in [0.3, 0.4) is 0 Å². The van der Waals surface area contributed by atoms with Crippen LogP contribution in [0.1, 0.15) is 39.5 Å². The molecule has 1 rings (SSSR count). The molecule has 82 valence electrons. The Morgan fingerprint density at radius 1 is 1.43 bits per heavy atom. The lowest BCUT2D eigenvalue weighted by molar-refractivity contribution is -0.122. The van der Waals surface area contributed by atoms with E-state index < -0.39 is 0 Å². The van der Waals surface area contributed by atoms with Crippen LogP contribution < -0.4 is 10.6 Å². The average molecular weight is 198 g/mol. The van der Waals surface area contributed by atoms with Crippen molar-refractivity contribution in [3.63, 3.8) is 0 Å². The summed E-state index contributed by atoms with van der Waals surface area (Å²) in [5.41, 5.74) is 0. The number of hydrogen-bond donors (Lipinski definition) is 2. The zero-order valence-electron chi connectivity index (χ0n) is 9.31. The Balaban J connectivity index is 2.13. The highest BCUT2D eigenvalue weighted by molar-refractivity contribution is 5.76. The third-order valence-electron chi connectivity index (χ3n) is 2.87. The van der Waals surface area contributed by atoms with Crippen molar-refractivity contribution in [2.45, 2.75) is 45.6 Å². The molecule has 3 heteroatoms. The minimum Gasteiger partial charge on any atom is -0.352 e. The molecule has 0 aromatic rings. The Morgan fingerprint density at radius 2 is 2.21 bits per heavy atom. The maximum Gasteiger partial charge on any atom is 0.220 e. The van der Waals surface area contributed by atoms with Crippen LogP contribution in [0.25, 0.3) is 0 Å². The van der Waals surface area contributed by atoms with Gasteiger partial charge in [-0.15, -0.1) is 0 Å². The smallest absolute Gasteiger partial charge is 0.220 e. The fourth-order valence-corrected chi connectivity index (χ4v) is 1.82. The van der Waals surface area contributed by atoms with Crippen molar-refractivity contribution in [1.29, 1.82) is 0 Å². The predicted octanol–water partition coefficient (Wildman–Crippen LogP) is 1.29. The normalized spacial score (nSPS) is 26.4. The van der Waals surface area contributed by atoms with Gasteiger partial charge in [-0.3, -0.25) is 4.79 Å². The highest BCUT2D eigenvalue weighted by atomic mass is 16.1. The fourth-order valence-electron chi connectivity index (χ4n) is 1.82. The van der Waals surface area contributed by atoms with E-state index in [2.05, 4.69) is 24.5 Å². The van der Waals surface area contributed by atoms with Gasteiger partial charge in [0.15, 0.2) is 0 Å². The van der Waals surface area contributed by atoms with Gasteiger partial charge < -0.3 is 10.6 Å². The summed E-state index contributed by atoms with van der Waals surface area (Å²) in [5, 5.41) is 6.37. The Labute approximate surface area is 86.6 Å². The topological polar surface area (TPSA) is 41.1 Å². The van der Waals surface area contributed by atoms with Gasteiger partial charge in [0.25, 0.3) is 0 Å². The maximum atomic E-state index is 11.5. The van der Waals surface area contributed by atoms with Gasteiger partial charge in [-0.25, -0.2) is 0 Å². The summed E-state index contributed by atoms with van der Waals surface area (Å²) in [5.74, 6) is 0.795. The first-order valence-corrected chi connectivity index (χ1v) is 5.74. The largest absolute Gasteiger partial charge is 0.352 e. The van der Waals surface area contributed by atoms with Gasteiger partial charge in [-0.05, 0) is 18.9 Å². The first-order valence-electron chi connectivity index (χ1n) is 5.74. The van der Waals surface area contributed by atoms with Crippen LogP contribution in [0.5, 0.6) is 0 Å². The van der Waals surface area contributed by atoms with Crippen LogP contribution in [-0.2, 0) is 4.79 Å². The van der Waals surface area contributed by atoms with E-state index in [9.17, 15) is 4.79 Å². The van der Waals surface area contributed by atoms with Gasteiger partial charge >= 0.3 is 0 Å². The van der Waals surface area contributed by atoms with Gasteiger partial charge in [0.05, 0.1) is 0 Å². The van der Waals surface area contributed by atoms with Gasteiger partial charge in [-0.2, -0.15) is 0 Å². The predicted molar refractivity (Wildman–Crippen MR) is 58.1 cm³/mol. The Morgan fingerprint density at radius 3 is 2.79 bits per heavy atom. The summed E-state index contributed by atoms with van der Waals surface area (Å²) >= 11 is 0. The molecule has 0 aromatic carbocycles. The fraction of sp³-hybridized carbons (Fsp3) is 0.909. The van der Waals surface area contributed by atoms with Crippen LogP contribution in [0.4, 0.5) is 0 Å². The number of rotatable bonds is 5. The molecule has 1 fully saturated rings. The molecule has 1 aliphatic heterocycles. The molecule has 1 aliphatic rings. The second kappa shape index (κ2) is 6.02. The number of amides is 1. The first-order chi connectivity index (χ1) is 6.74. The standard InChI is InChI=1S/C11H22N2O/c1-3-4-5-6-11(14)13-10-8-12-7-9(10)2/h9-10,12H,3-8H2,1-2H3,(H,13,14). The molecule has 0 aliphatic carbocycles. The van der Waals surface area contributed by atoms with Crippen LogP contribution >= 0.6 is 0 Å². The summed E-state index contributed by atoms with van der Waals surface area (Å²) in [6.07, 6.45) is 4.05. The summed E-state index contributed by atoms with van der Waals surface area (Å²) in [6.45, 7) is 6.29. The van der Waals surface area contributed by atoms with Gasteiger partial charge in [0.1, 0.15) is 0 Å². The molecule has 0 spiro atoms. The third-order valence-corrected chi connectivity index (χ3v) is 2.87. The number of hydrogen-bond acceptors (Lipinski definition) is 2. The molecule has 0 bridgehead atoms. The van der Waals surface area contributed by atoms with E-state index in [1.807, 2.05) is 0 Å². The number of nitrogens with one attached hydrogen (secondary N) is 2. The molecule has 0 saturated carbocycles. The van der Waals surface area contributed by atoms with E-state index in [1.165, 1.54) is 6.42 Å². The number of unbranched alkanes of at least 4 members (excludes halogenated alkanes) is 2. The number of carbonyl (C=O) groups is 1. The maximum absolute atomic E-state index is 11.5. The summed E-state index contributed by atoms with van der Waals surface area (Å²) in [7, 11) is 0. The van der Waals surface area contributed by atoms with Crippen molar-refractivity contribution in [3.05, 3.63) is 0 Å². The van der Waals surface area contributed by atoms with Crippen molar-refractivity contribution in [3.8, 4) is 0 Å². The van der Waals surface area contributed by atoms with Gasteiger partial charge in [-0.1, -0.05) is 26.7 Å². The molecule has 0 aromatic heterocycles. The van der Waals surface area contributed by atoms with E-state index in [1.54, 1.807) is 0 Å². The molecule has 1 heterocycles. The van der Waals surface area contributed by atoms with Crippen molar-refractivity contribution in [2.75, 3.05) is 13.1 Å². The SMILES string of the molecule is CCCCCC(=O)NC1CNCC1C. The van der Waals surface area contributed by atoms with Crippen molar-refractivity contribution in [2.24, 2.45) is 5.92 Å². The van der Waals surface area contributed by atoms with Crippen molar-refractivity contribution in [1.82, 2.24) is 10.6 Å². The lowest BCUT2D eigenvalue weighted by atomic mass is 10.1. The summed E-state index contributed by atoms with van der Waals surface area (Å²) in [6, 6.07) is 0.351. The minimum absolute atomic E-state index is 0.221. The van der Waals surface area contributed by atoms with Crippen molar-refractivity contribution < 1.29 is 4.79 Å². The van der Waals surface area contributed by atoms with Crippen molar-refractivity contribution >= 4 is 5.91 Å². The second-order valence-corrected chi connectivity index (χ2v) is 4.27. The first kappa shape index (κ1) is 11.5. The Bertz CT molecular complexity index is 182. The molecule has 3 nitrogen and oxygen atoms in total. The summed E-state index contributed by atoms with van der Waals surface area (Å²) in [4.78, 5) is 11.5. The molecule has 1 amide bonds. The lowest BCUT2D eigenvalue weighted by Gasteiger charge is -2.15. The van der Waals surface area contributed by atoms with E-state index in [0.717, 1.165) is 25.9 Å². The molecule has 1 saturated heterocycles. The van der Waals surface area contributed by atoms with Crippen LogP contribution in [0.15, 0.2) is 0 Å². The molecule has 14 heavy (non-hydrogen) atoms. The molecule has 0 radical (unpaired) electrons. The third kappa shape index (κ3) is 3.66. The van der Waals surface area contributed by atoms with E-state index in [0.29, 0.717) is 18.4 Å². The molecular weight excluding hydrogens is 176 g/mol. The molecule has 2 unspecified atom stereocenters. The monoisotopic (exact) mass is 198 g/mol. The minimum atomic E-state index is 0.221. The Kier molecular flexibility index (Phi) is 4.94. The molecule has 2 N–H and O–H groups in total. The van der Waals surface area contributed by atoms with E-state index in [-0.39, 0.29) is 5.91 Å². The average Bonchev–Trinajstić information content (AvgIpc) is 2.52. The Hall–Kier alpha value is -0.570. The molecular formula is C11H22N2O. The quantitative estimate of drug-likeness (QED) is 0.654.